The summed E-state index contributed by atoms with van der Waals surface area (Å²) >= 11 is 0. The third-order valence-electron chi connectivity index (χ3n) is 8.06. The highest BCUT2D eigenvalue weighted by molar-refractivity contribution is 6.36. The molecule has 0 N–H and O–H groups in total. The normalized spacial score (nSPS) is 13.8. The molecule has 0 unspecified atom stereocenters. The zero-order valence-electron chi connectivity index (χ0n) is 26.2. The third-order valence-corrected chi connectivity index (χ3v) is 8.06. The van der Waals surface area contributed by atoms with Crippen molar-refractivity contribution >= 4 is 65.3 Å². The molecule has 0 saturated carbocycles. The van der Waals surface area contributed by atoms with Gasteiger partial charge in [-0.05, 0) is 52.2 Å². The van der Waals surface area contributed by atoms with Gasteiger partial charge in [-0.25, -0.2) is 0 Å². The van der Waals surface area contributed by atoms with Gasteiger partial charge in [-0.2, -0.15) is 0 Å². The highest BCUT2D eigenvalue weighted by Gasteiger charge is 2.21. The van der Waals surface area contributed by atoms with Gasteiger partial charge in [0.25, 0.3) is 0 Å². The molecule has 0 bridgehead atoms. The summed E-state index contributed by atoms with van der Waals surface area (Å²) in [4.78, 5) is 0. The smallest absolute Gasteiger partial charge is 0.143 e. The predicted octanol–water partition coefficient (Wildman–Crippen LogP) is 10.7. The van der Waals surface area contributed by atoms with Crippen LogP contribution in [0.1, 0.15) is 6.85 Å². The summed E-state index contributed by atoms with van der Waals surface area (Å²) in [5.41, 5.74) is 5.54. The lowest BCUT2D eigenvalue weighted by Gasteiger charge is -2.13. The lowest BCUT2D eigenvalue weighted by molar-refractivity contribution is 0.673. The number of hydrogen-bond acceptors (Lipinski definition) is 1. The molecule has 0 fully saturated rings. The van der Waals surface area contributed by atoms with E-state index in [0.29, 0.717) is 5.56 Å². The number of para-hydroxylation sites is 2. The van der Waals surface area contributed by atoms with Gasteiger partial charge in [0.1, 0.15) is 11.2 Å². The van der Waals surface area contributed by atoms with Gasteiger partial charge in [-0.1, -0.05) is 109 Å². The molecule has 0 aliphatic rings. The average Bonchev–Trinajstić information content (AvgIpc) is 3.63. The first-order valence-corrected chi connectivity index (χ1v) is 13.3. The summed E-state index contributed by atoms with van der Waals surface area (Å²) in [7, 11) is 0. The van der Waals surface area contributed by atoms with Gasteiger partial charge in [-0.3, -0.25) is 0 Å². The molecule has 0 radical (unpaired) electrons. The van der Waals surface area contributed by atoms with Crippen LogP contribution in [0.4, 0.5) is 0 Å². The first kappa shape index (κ1) is 17.3. The number of aromatic nitrogens is 1. The molecule has 2 aromatic heterocycles. The fourth-order valence-electron chi connectivity index (χ4n) is 6.38. The SMILES string of the molecule is [2H]c1c([2H])c([2H])c(-c2ccc(-n3c4ccccc4c4c5ccc6c7ccccc7oc6c5c5ccccc5c43)cc2)c([2H])c1[2H]. The number of fused-ring (bicyclic) bond motifs is 12. The third kappa shape index (κ3) is 2.88. The van der Waals surface area contributed by atoms with Crippen molar-refractivity contribution in [3.8, 4) is 16.8 Å². The van der Waals surface area contributed by atoms with Crippen molar-refractivity contribution in [2.75, 3.05) is 0 Å². The van der Waals surface area contributed by atoms with Crippen LogP contribution in [-0.2, 0) is 0 Å². The van der Waals surface area contributed by atoms with Crippen molar-refractivity contribution in [1.29, 1.82) is 0 Å². The maximum absolute atomic E-state index is 8.46. The number of benzene rings is 7. The monoisotopic (exact) mass is 514 g/mol. The Hall–Kier alpha value is -5.34. The zero-order chi connectivity index (χ0) is 30.6. The van der Waals surface area contributed by atoms with Gasteiger partial charge in [0, 0.05) is 38.0 Å². The second kappa shape index (κ2) is 8.08. The van der Waals surface area contributed by atoms with E-state index in [2.05, 4.69) is 65.2 Å². The van der Waals surface area contributed by atoms with E-state index in [1.165, 1.54) is 0 Å². The van der Waals surface area contributed by atoms with E-state index in [9.17, 15) is 0 Å². The Morgan fingerprint density at radius 2 is 1.18 bits per heavy atom. The lowest BCUT2D eigenvalue weighted by Crippen LogP contribution is -1.95. The fourth-order valence-corrected chi connectivity index (χ4v) is 6.38. The molecule has 9 aromatic rings. The Morgan fingerprint density at radius 3 is 2.00 bits per heavy atom. The summed E-state index contributed by atoms with van der Waals surface area (Å²) in [6.07, 6.45) is 0. The summed E-state index contributed by atoms with van der Waals surface area (Å²) in [6, 6.07) is 35.5. The number of rotatable bonds is 2. The van der Waals surface area contributed by atoms with Crippen molar-refractivity contribution < 1.29 is 11.3 Å². The fraction of sp³-hybridized carbons (Fsp3) is 0. The Bertz CT molecular complexity index is 2670. The standard InChI is InChI=1S/C38H23NO/c1-2-10-24(11-3-1)25-18-20-26(21-19-25)39-33-16-8-6-15-31(33)35-32-23-22-30-27-12-7-9-17-34(27)40-38(30)36(32)28-13-4-5-14-29(28)37(35)39/h1-23H/i1D,2D,3D,10D,11D. The number of furan rings is 1. The molecule has 186 valence electrons. The molecule has 0 amide bonds. The minimum absolute atomic E-state index is 0.195. The van der Waals surface area contributed by atoms with Crippen LogP contribution < -0.4 is 0 Å². The topological polar surface area (TPSA) is 18.1 Å². The summed E-state index contributed by atoms with van der Waals surface area (Å²) in [5.74, 6) is 0. The van der Waals surface area contributed by atoms with Crippen LogP contribution in [0, 0.1) is 0 Å². The zero-order valence-corrected chi connectivity index (χ0v) is 21.2. The molecular weight excluding hydrogens is 486 g/mol. The maximum atomic E-state index is 8.46. The van der Waals surface area contributed by atoms with Crippen molar-refractivity contribution in [2.24, 2.45) is 0 Å². The molecule has 0 atom stereocenters. The predicted molar refractivity (Wildman–Crippen MR) is 169 cm³/mol. The van der Waals surface area contributed by atoms with E-state index >= 15 is 0 Å². The Kier molecular flexibility index (Phi) is 3.49. The average molecular weight is 515 g/mol. The van der Waals surface area contributed by atoms with Crippen molar-refractivity contribution in [3.63, 3.8) is 0 Å². The minimum Gasteiger partial charge on any atom is -0.455 e. The second-order valence-electron chi connectivity index (χ2n) is 10.1. The van der Waals surface area contributed by atoms with E-state index < -0.39 is 6.04 Å². The number of hydrogen-bond donors (Lipinski definition) is 0. The summed E-state index contributed by atoms with van der Waals surface area (Å²) < 4.78 is 50.0. The Morgan fingerprint density at radius 1 is 0.500 bits per heavy atom. The number of nitrogens with zero attached hydrogens (tertiary/aromatic N) is 1. The van der Waals surface area contributed by atoms with Gasteiger partial charge in [0.05, 0.1) is 17.9 Å². The molecule has 7 aromatic carbocycles. The second-order valence-corrected chi connectivity index (χ2v) is 10.1. The molecule has 0 aliphatic heterocycles. The van der Waals surface area contributed by atoms with Crippen molar-refractivity contribution in [3.05, 3.63) is 139 Å². The summed E-state index contributed by atoms with van der Waals surface area (Å²) in [5, 5.41) is 8.84. The van der Waals surface area contributed by atoms with Crippen LogP contribution in [0.5, 0.6) is 0 Å². The molecular formula is C38H23NO. The van der Waals surface area contributed by atoms with Gasteiger partial charge < -0.3 is 8.98 Å². The molecule has 0 aliphatic carbocycles. The van der Waals surface area contributed by atoms with Crippen molar-refractivity contribution in [1.82, 2.24) is 4.57 Å². The Labute approximate surface area is 237 Å². The first-order chi connectivity index (χ1) is 21.9. The maximum Gasteiger partial charge on any atom is 0.143 e. The van der Waals surface area contributed by atoms with Crippen LogP contribution in [-0.4, -0.2) is 4.57 Å². The first-order valence-electron chi connectivity index (χ1n) is 15.8. The molecule has 0 saturated heterocycles. The molecule has 2 nitrogen and oxygen atoms in total. The van der Waals surface area contributed by atoms with Crippen LogP contribution in [0.3, 0.4) is 0 Å². The van der Waals surface area contributed by atoms with Crippen LogP contribution >= 0.6 is 0 Å². The molecule has 2 heterocycles. The van der Waals surface area contributed by atoms with E-state index in [-0.39, 0.29) is 29.7 Å². The quantitative estimate of drug-likeness (QED) is 0.210. The van der Waals surface area contributed by atoms with Crippen LogP contribution in [0.15, 0.2) is 144 Å². The minimum atomic E-state index is -0.394. The van der Waals surface area contributed by atoms with Gasteiger partial charge >= 0.3 is 0 Å². The largest absolute Gasteiger partial charge is 0.455 e. The van der Waals surface area contributed by atoms with Crippen LogP contribution in [0.25, 0.3) is 82.1 Å². The summed E-state index contributed by atoms with van der Waals surface area (Å²) in [6.45, 7) is 0. The van der Waals surface area contributed by atoms with Gasteiger partial charge in [-0.15, -0.1) is 0 Å². The molecule has 2 heteroatoms. The van der Waals surface area contributed by atoms with E-state index in [1.54, 1.807) is 0 Å². The van der Waals surface area contributed by atoms with Gasteiger partial charge in [0.2, 0.25) is 0 Å². The molecule has 40 heavy (non-hydrogen) atoms. The van der Waals surface area contributed by atoms with E-state index in [0.717, 1.165) is 71.0 Å². The highest BCUT2D eigenvalue weighted by Crippen LogP contribution is 2.45. The Balaban J connectivity index is 1.39. The van der Waals surface area contributed by atoms with Crippen molar-refractivity contribution in [2.45, 2.75) is 0 Å². The van der Waals surface area contributed by atoms with E-state index in [4.69, 9.17) is 11.3 Å². The van der Waals surface area contributed by atoms with Gasteiger partial charge in [0.15, 0.2) is 0 Å². The van der Waals surface area contributed by atoms with E-state index in [1.807, 2.05) is 48.5 Å². The lowest BCUT2D eigenvalue weighted by atomic mass is 9.95. The highest BCUT2D eigenvalue weighted by atomic mass is 16.3. The molecule has 0 spiro atoms. The molecule has 9 rings (SSSR count). The van der Waals surface area contributed by atoms with Crippen LogP contribution in [0.2, 0.25) is 0 Å².